The molecule has 3 aliphatic rings. The summed E-state index contributed by atoms with van der Waals surface area (Å²) < 4.78 is 5.87. The van der Waals surface area contributed by atoms with Crippen molar-refractivity contribution in [2.45, 2.75) is 91.2 Å². The van der Waals surface area contributed by atoms with Crippen molar-refractivity contribution < 1.29 is 34.4 Å². The van der Waals surface area contributed by atoms with E-state index in [4.69, 9.17) is 4.74 Å². The number of unbranched alkanes of at least 4 members (excludes halogenated alkanes) is 2. The number of carbonyl (C=O) groups is 3. The molecule has 0 saturated carbocycles. The van der Waals surface area contributed by atoms with Crippen LogP contribution in [0.25, 0.3) is 0 Å². The first-order valence-electron chi connectivity index (χ1n) is 15.0. The van der Waals surface area contributed by atoms with Gasteiger partial charge in [0, 0.05) is 23.9 Å². The van der Waals surface area contributed by atoms with Crippen molar-refractivity contribution in [1.82, 2.24) is 10.2 Å². The molecular weight excluding hydrogens is 536 g/mol. The predicted octanol–water partition coefficient (Wildman–Crippen LogP) is 5.43. The fourth-order valence-electron chi connectivity index (χ4n) is 6.90. The molecule has 0 spiro atoms. The zero-order valence-corrected chi connectivity index (χ0v) is 25.3. The van der Waals surface area contributed by atoms with E-state index in [1.807, 2.05) is 13.0 Å². The number of nitrogens with zero attached hydrogens (tertiary/aromatic N) is 1. The van der Waals surface area contributed by atoms with Crippen LogP contribution in [-0.4, -0.2) is 56.9 Å². The molecule has 0 radical (unpaired) electrons. The Bertz CT molecular complexity index is 1330. The highest BCUT2D eigenvalue weighted by Crippen LogP contribution is 2.48. The topological polar surface area (TPSA) is 136 Å². The van der Waals surface area contributed by atoms with E-state index in [0.29, 0.717) is 11.1 Å². The van der Waals surface area contributed by atoms with Gasteiger partial charge >= 0.3 is 12.1 Å². The van der Waals surface area contributed by atoms with E-state index in [1.165, 1.54) is 17.4 Å². The summed E-state index contributed by atoms with van der Waals surface area (Å²) in [5.41, 5.74) is 3.82. The van der Waals surface area contributed by atoms with Crippen LogP contribution in [0.3, 0.4) is 0 Å². The number of fused-ring (bicyclic) bond motifs is 1. The fourth-order valence-corrected chi connectivity index (χ4v) is 6.90. The minimum atomic E-state index is -1.26. The number of nitrogens with one attached hydrogen (secondary N) is 1. The van der Waals surface area contributed by atoms with Gasteiger partial charge in [-0.05, 0) is 75.6 Å². The van der Waals surface area contributed by atoms with Gasteiger partial charge in [0.25, 0.3) is 0 Å². The molecule has 1 aromatic rings. The summed E-state index contributed by atoms with van der Waals surface area (Å²) in [5, 5.41) is 33.9. The molecule has 4 N–H and O–H groups in total. The van der Waals surface area contributed by atoms with Gasteiger partial charge in [0.1, 0.15) is 17.2 Å². The highest BCUT2D eigenvalue weighted by molar-refractivity contribution is 6.00. The second-order valence-electron chi connectivity index (χ2n) is 12.2. The summed E-state index contributed by atoms with van der Waals surface area (Å²) in [4.78, 5) is 39.2. The monoisotopic (exact) mass is 580 g/mol. The number of ether oxygens (including phenoxy) is 1. The Hall–Kier alpha value is -3.59. The van der Waals surface area contributed by atoms with Gasteiger partial charge in [-0.2, -0.15) is 0 Å². The third-order valence-electron chi connectivity index (χ3n) is 9.11. The van der Waals surface area contributed by atoms with E-state index in [1.54, 1.807) is 13.0 Å². The van der Waals surface area contributed by atoms with Crippen molar-refractivity contribution in [3.63, 3.8) is 0 Å². The molecule has 1 aliphatic carbocycles. The van der Waals surface area contributed by atoms with E-state index in [-0.39, 0.29) is 41.5 Å². The normalized spacial score (nSPS) is 25.9. The average molecular weight is 581 g/mol. The molecule has 0 bridgehead atoms. The maximum absolute atomic E-state index is 13.2. The number of aromatic hydroxyl groups is 1. The highest BCUT2D eigenvalue weighted by atomic mass is 16.6. The molecule has 0 aromatic heterocycles. The summed E-state index contributed by atoms with van der Waals surface area (Å²) >= 11 is 0. The highest BCUT2D eigenvalue weighted by Gasteiger charge is 2.59. The number of hydrogen-bond acceptors (Lipinski definition) is 6. The number of β-lactam (4-membered cyclic amide) rings is 1. The molecule has 42 heavy (non-hydrogen) atoms. The number of aliphatic hydroxyl groups excluding tert-OH is 1. The lowest BCUT2D eigenvalue weighted by atomic mass is 9.73. The van der Waals surface area contributed by atoms with Crippen LogP contribution in [0.4, 0.5) is 4.79 Å². The van der Waals surface area contributed by atoms with Crippen molar-refractivity contribution in [1.29, 1.82) is 0 Å². The molecule has 1 unspecified atom stereocenters. The van der Waals surface area contributed by atoms with E-state index in [0.717, 1.165) is 49.7 Å². The van der Waals surface area contributed by atoms with Crippen LogP contribution in [0, 0.1) is 17.8 Å². The van der Waals surface area contributed by atoms with Gasteiger partial charge in [-0.25, -0.2) is 9.59 Å². The van der Waals surface area contributed by atoms with Gasteiger partial charge < -0.3 is 30.3 Å². The second-order valence-corrected chi connectivity index (χ2v) is 12.2. The van der Waals surface area contributed by atoms with Gasteiger partial charge in [0.15, 0.2) is 0 Å². The van der Waals surface area contributed by atoms with Crippen LogP contribution in [0.15, 0.2) is 47.2 Å². The number of aryl methyl sites for hydroxylation is 1. The van der Waals surface area contributed by atoms with Gasteiger partial charge in [-0.15, -0.1) is 0 Å². The maximum atomic E-state index is 13.2. The van der Waals surface area contributed by atoms with Crippen LogP contribution in [-0.2, 0) is 16.0 Å². The van der Waals surface area contributed by atoms with Gasteiger partial charge in [-0.3, -0.25) is 4.79 Å². The quantitative estimate of drug-likeness (QED) is 0.156. The first kappa shape index (κ1) is 31.3. The molecule has 1 saturated heterocycles. The number of benzene rings is 1. The summed E-state index contributed by atoms with van der Waals surface area (Å²) in [7, 11) is 0. The van der Waals surface area contributed by atoms with Crippen LogP contribution in [0.1, 0.15) is 83.8 Å². The Morgan fingerprint density at radius 2 is 1.98 bits per heavy atom. The zero-order chi connectivity index (χ0) is 30.9. The standard InChI is InChI=1S/C33H44N2O7/c1-7-8-9-10-21-14-25(37)28(23-13-18(4)11-12-22(23)17(2)3)26(15-21)42-33(41)34-16-24-19(5)29-27(20(6)36)31(38)35(29)30(24)32(39)40/h13-15,19-20,22-23,27,29,36-37H,2,7-12,16H2,1,3-6H3,(H,34,41)(H,39,40)/t19-,20+,22-,23+,27+,29?/m0/s1. The van der Waals surface area contributed by atoms with E-state index in [9.17, 15) is 29.7 Å². The Balaban J connectivity index is 1.61. The number of phenolic OH excluding ortho intramolecular Hbond substituents is 1. The molecule has 2 heterocycles. The molecule has 228 valence electrons. The summed E-state index contributed by atoms with van der Waals surface area (Å²) in [5.74, 6) is -2.56. The summed E-state index contributed by atoms with van der Waals surface area (Å²) in [6.45, 7) is 13.5. The van der Waals surface area contributed by atoms with E-state index >= 15 is 0 Å². The minimum Gasteiger partial charge on any atom is -0.507 e. The fraction of sp³-hybridized carbons (Fsp3) is 0.545. The number of carboxylic acids is 1. The molecule has 6 atom stereocenters. The first-order chi connectivity index (χ1) is 19.9. The Labute approximate surface area is 247 Å². The molecule has 2 aliphatic heterocycles. The van der Waals surface area contributed by atoms with Crippen molar-refractivity contribution in [3.05, 3.63) is 58.3 Å². The van der Waals surface area contributed by atoms with Crippen LogP contribution in [0.5, 0.6) is 11.5 Å². The van der Waals surface area contributed by atoms with E-state index < -0.39 is 36.0 Å². The smallest absolute Gasteiger partial charge is 0.412 e. The lowest BCUT2D eigenvalue weighted by molar-refractivity contribution is -0.163. The maximum Gasteiger partial charge on any atom is 0.412 e. The molecular formula is C33H44N2O7. The average Bonchev–Trinajstić information content (AvgIpc) is 3.15. The number of carbonyl (C=O) groups excluding carboxylic acids is 2. The number of carboxylic acid groups (broad SMARTS) is 1. The summed E-state index contributed by atoms with van der Waals surface area (Å²) in [6, 6.07) is 3.10. The Morgan fingerprint density at radius 1 is 1.26 bits per heavy atom. The zero-order valence-electron chi connectivity index (χ0n) is 25.3. The Kier molecular flexibility index (Phi) is 9.50. The number of rotatable bonds is 11. The first-order valence-corrected chi connectivity index (χ1v) is 15.0. The third-order valence-corrected chi connectivity index (χ3v) is 9.11. The van der Waals surface area contributed by atoms with E-state index in [2.05, 4.69) is 31.8 Å². The second kappa shape index (κ2) is 12.7. The molecule has 4 rings (SSSR count). The third kappa shape index (κ3) is 5.98. The van der Waals surface area contributed by atoms with Crippen molar-refractivity contribution in [2.24, 2.45) is 17.8 Å². The van der Waals surface area contributed by atoms with Gasteiger partial charge in [0.2, 0.25) is 5.91 Å². The molecule has 1 aromatic carbocycles. The number of amides is 2. The largest absolute Gasteiger partial charge is 0.507 e. The SMILES string of the molecule is C=C(C)[C@@H]1CCC(C)=C[C@H]1c1c(O)cc(CCCCC)cc1OC(=O)NCC1=C(C(=O)O)N2C(=O)[C@H]([C@@H](C)O)C2[C@H]1C. The number of aliphatic carboxylic acids is 1. The van der Waals surface area contributed by atoms with Gasteiger partial charge in [-0.1, -0.05) is 50.5 Å². The predicted molar refractivity (Wildman–Crippen MR) is 159 cm³/mol. The minimum absolute atomic E-state index is 0.0707. The Morgan fingerprint density at radius 3 is 2.60 bits per heavy atom. The number of aliphatic hydroxyl groups is 1. The number of phenols is 1. The number of allylic oxidation sites excluding steroid dienone is 3. The van der Waals surface area contributed by atoms with Crippen molar-refractivity contribution in [2.75, 3.05) is 6.54 Å². The van der Waals surface area contributed by atoms with Crippen molar-refractivity contribution in [3.8, 4) is 11.5 Å². The van der Waals surface area contributed by atoms with Crippen molar-refractivity contribution >= 4 is 18.0 Å². The lowest BCUT2D eigenvalue weighted by Crippen LogP contribution is -2.63. The number of hydrogen-bond donors (Lipinski definition) is 4. The van der Waals surface area contributed by atoms with Gasteiger partial charge in [0.05, 0.1) is 18.1 Å². The van der Waals surface area contributed by atoms with Crippen LogP contribution in [0.2, 0.25) is 0 Å². The van der Waals surface area contributed by atoms with Crippen LogP contribution >= 0.6 is 0 Å². The molecule has 2 amide bonds. The molecule has 9 nitrogen and oxygen atoms in total. The lowest BCUT2D eigenvalue weighted by Gasteiger charge is -2.46. The molecule has 9 heteroatoms. The van der Waals surface area contributed by atoms with Crippen LogP contribution < -0.4 is 10.1 Å². The summed E-state index contributed by atoms with van der Waals surface area (Å²) in [6.07, 6.45) is 5.97. The molecule has 1 fully saturated rings.